The van der Waals surface area contributed by atoms with E-state index in [-0.39, 0.29) is 5.97 Å². The molecule has 3 aromatic rings. The topological polar surface area (TPSA) is 63.8 Å². The number of esters is 1. The molecule has 6 heteroatoms. The van der Waals surface area contributed by atoms with Crippen molar-refractivity contribution >= 4 is 16.9 Å². The number of aromatic nitrogens is 1. The zero-order chi connectivity index (χ0) is 24.2. The quantitative estimate of drug-likeness (QED) is 0.432. The zero-order valence-corrected chi connectivity index (χ0v) is 20.9. The monoisotopic (exact) mass is 464 g/mol. The largest absolute Gasteiger partial charge is 0.493 e. The maximum absolute atomic E-state index is 11.8. The predicted octanol–water partition coefficient (Wildman–Crippen LogP) is 5.72. The van der Waals surface area contributed by atoms with E-state index in [1.165, 1.54) is 16.5 Å². The molecule has 0 spiro atoms. The second kappa shape index (κ2) is 10.5. The van der Waals surface area contributed by atoms with E-state index in [9.17, 15) is 4.79 Å². The first kappa shape index (κ1) is 24.1. The van der Waals surface area contributed by atoms with Crippen LogP contribution in [0.15, 0.2) is 36.4 Å². The number of carbonyl (C=O) groups is 1. The Bertz CT molecular complexity index is 1140. The van der Waals surface area contributed by atoms with Gasteiger partial charge in [0.2, 0.25) is 0 Å². The molecule has 1 aromatic heterocycles. The lowest BCUT2D eigenvalue weighted by molar-refractivity contribution is -0.144. The summed E-state index contributed by atoms with van der Waals surface area (Å²) in [6.07, 6.45) is 2.10. The number of aromatic amines is 1. The number of H-pyrrole nitrogens is 1. The number of piperidine rings is 1. The van der Waals surface area contributed by atoms with Gasteiger partial charge in [-0.1, -0.05) is 19.9 Å². The summed E-state index contributed by atoms with van der Waals surface area (Å²) in [5.74, 6) is 2.19. The van der Waals surface area contributed by atoms with Crippen molar-refractivity contribution in [3.63, 3.8) is 0 Å². The minimum Gasteiger partial charge on any atom is -0.493 e. The molecule has 2 aromatic carbocycles. The van der Waals surface area contributed by atoms with Gasteiger partial charge in [-0.15, -0.1) is 0 Å². The molecule has 0 bridgehead atoms. The van der Waals surface area contributed by atoms with Crippen molar-refractivity contribution in [3.8, 4) is 22.8 Å². The number of likely N-dealkylation sites (tertiary alicyclic amines) is 1. The van der Waals surface area contributed by atoms with Gasteiger partial charge in [-0.2, -0.15) is 0 Å². The minimum atomic E-state index is -0.126. The van der Waals surface area contributed by atoms with Crippen molar-refractivity contribution in [2.75, 3.05) is 40.5 Å². The highest BCUT2D eigenvalue weighted by Crippen LogP contribution is 2.40. The standard InChI is InChI=1S/C28H36N2O4/c1-6-34-26(31)17-30-13-11-19(12-14-30)20-7-9-23-22(15-20)27(18(2)3)28(29-23)21-8-10-24(32-4)25(16-21)33-5/h7-10,15-16,18-19,29H,6,11-14,17H2,1-5H3. The molecular weight excluding hydrogens is 428 g/mol. The van der Waals surface area contributed by atoms with Crippen LogP contribution < -0.4 is 9.47 Å². The van der Waals surface area contributed by atoms with Gasteiger partial charge in [-0.25, -0.2) is 0 Å². The highest BCUT2D eigenvalue weighted by Gasteiger charge is 2.24. The van der Waals surface area contributed by atoms with Crippen LogP contribution in [0.2, 0.25) is 0 Å². The summed E-state index contributed by atoms with van der Waals surface area (Å²) < 4.78 is 16.1. The second-order valence-corrected chi connectivity index (χ2v) is 9.30. The van der Waals surface area contributed by atoms with E-state index in [1.54, 1.807) is 14.2 Å². The highest BCUT2D eigenvalue weighted by atomic mass is 16.5. The molecule has 1 saturated heterocycles. The average Bonchev–Trinajstić information content (AvgIpc) is 3.23. The van der Waals surface area contributed by atoms with Crippen LogP contribution in [0.4, 0.5) is 0 Å². The normalized spacial score (nSPS) is 15.1. The number of fused-ring (bicyclic) bond motifs is 1. The Kier molecular flexibility index (Phi) is 7.47. The molecule has 1 aliphatic heterocycles. The second-order valence-electron chi connectivity index (χ2n) is 9.30. The Labute approximate surface area is 202 Å². The lowest BCUT2D eigenvalue weighted by Crippen LogP contribution is -2.37. The number of benzene rings is 2. The van der Waals surface area contributed by atoms with Crippen molar-refractivity contribution in [1.29, 1.82) is 0 Å². The zero-order valence-electron chi connectivity index (χ0n) is 20.9. The molecule has 182 valence electrons. The van der Waals surface area contributed by atoms with E-state index in [4.69, 9.17) is 14.2 Å². The first-order valence-electron chi connectivity index (χ1n) is 12.2. The molecule has 4 rings (SSSR count). The molecular formula is C28H36N2O4. The summed E-state index contributed by atoms with van der Waals surface area (Å²) in [4.78, 5) is 17.7. The average molecular weight is 465 g/mol. The fourth-order valence-electron chi connectivity index (χ4n) is 5.12. The van der Waals surface area contributed by atoms with Gasteiger partial charge in [0.25, 0.3) is 0 Å². The Balaban J connectivity index is 1.61. The van der Waals surface area contributed by atoms with Gasteiger partial charge in [-0.05, 0) is 86.1 Å². The van der Waals surface area contributed by atoms with Gasteiger partial charge < -0.3 is 19.2 Å². The molecule has 6 nitrogen and oxygen atoms in total. The number of methoxy groups -OCH3 is 2. The maximum Gasteiger partial charge on any atom is 0.320 e. The Morgan fingerprint density at radius 3 is 2.44 bits per heavy atom. The summed E-state index contributed by atoms with van der Waals surface area (Å²) >= 11 is 0. The third kappa shape index (κ3) is 4.92. The van der Waals surface area contributed by atoms with E-state index in [2.05, 4.69) is 48.0 Å². The molecule has 0 radical (unpaired) electrons. The third-order valence-electron chi connectivity index (χ3n) is 6.83. The fourth-order valence-corrected chi connectivity index (χ4v) is 5.12. The predicted molar refractivity (Wildman–Crippen MR) is 136 cm³/mol. The Hall–Kier alpha value is -2.99. The van der Waals surface area contributed by atoms with Gasteiger partial charge in [0.15, 0.2) is 11.5 Å². The van der Waals surface area contributed by atoms with Crippen molar-refractivity contribution in [3.05, 3.63) is 47.5 Å². The first-order chi connectivity index (χ1) is 16.4. The van der Waals surface area contributed by atoms with Gasteiger partial charge in [0.05, 0.1) is 33.1 Å². The Morgan fingerprint density at radius 2 is 1.79 bits per heavy atom. The Morgan fingerprint density at radius 1 is 1.06 bits per heavy atom. The highest BCUT2D eigenvalue weighted by molar-refractivity contribution is 5.92. The smallest absolute Gasteiger partial charge is 0.320 e. The molecule has 0 unspecified atom stereocenters. The molecule has 0 amide bonds. The van der Waals surface area contributed by atoms with Crippen LogP contribution in [0.25, 0.3) is 22.2 Å². The maximum atomic E-state index is 11.8. The fraction of sp³-hybridized carbons (Fsp3) is 0.464. The van der Waals surface area contributed by atoms with Crippen molar-refractivity contribution in [2.24, 2.45) is 0 Å². The SMILES string of the molecule is CCOC(=O)CN1CCC(c2ccc3[nH]c(-c4ccc(OC)c(OC)c4)c(C(C)C)c3c2)CC1. The first-order valence-corrected chi connectivity index (χ1v) is 12.2. The summed E-state index contributed by atoms with van der Waals surface area (Å²) in [6.45, 7) is 9.01. The van der Waals surface area contributed by atoms with Crippen LogP contribution in [-0.4, -0.2) is 56.3 Å². The molecule has 0 aliphatic carbocycles. The van der Waals surface area contributed by atoms with Crippen molar-refractivity contribution < 1.29 is 19.0 Å². The van der Waals surface area contributed by atoms with Crippen LogP contribution in [0.1, 0.15) is 56.6 Å². The number of nitrogens with one attached hydrogen (secondary N) is 1. The van der Waals surface area contributed by atoms with Crippen LogP contribution in [-0.2, 0) is 9.53 Å². The van der Waals surface area contributed by atoms with Crippen LogP contribution in [0, 0.1) is 0 Å². The van der Waals surface area contributed by atoms with Crippen molar-refractivity contribution in [2.45, 2.75) is 45.4 Å². The number of hydrogen-bond acceptors (Lipinski definition) is 5. The van der Waals surface area contributed by atoms with E-state index in [0.717, 1.165) is 54.2 Å². The van der Waals surface area contributed by atoms with Gasteiger partial charge in [-0.3, -0.25) is 9.69 Å². The lowest BCUT2D eigenvalue weighted by atomic mass is 9.87. The molecule has 1 fully saturated rings. The number of nitrogens with zero attached hydrogens (tertiary/aromatic N) is 1. The van der Waals surface area contributed by atoms with E-state index < -0.39 is 0 Å². The molecule has 0 saturated carbocycles. The summed E-state index contributed by atoms with van der Waals surface area (Å²) in [5.41, 5.74) is 6.07. The number of rotatable bonds is 8. The van der Waals surface area contributed by atoms with Crippen LogP contribution >= 0.6 is 0 Å². The summed E-state index contributed by atoms with van der Waals surface area (Å²) in [7, 11) is 3.32. The molecule has 34 heavy (non-hydrogen) atoms. The van der Waals surface area contributed by atoms with E-state index in [0.29, 0.717) is 25.0 Å². The van der Waals surface area contributed by atoms with Crippen LogP contribution in [0.5, 0.6) is 11.5 Å². The van der Waals surface area contributed by atoms with Gasteiger partial charge in [0, 0.05) is 16.5 Å². The number of hydrogen-bond donors (Lipinski definition) is 1. The molecule has 1 N–H and O–H groups in total. The summed E-state index contributed by atoms with van der Waals surface area (Å²) in [6, 6.07) is 12.9. The van der Waals surface area contributed by atoms with E-state index in [1.807, 2.05) is 19.1 Å². The third-order valence-corrected chi connectivity index (χ3v) is 6.83. The van der Waals surface area contributed by atoms with E-state index >= 15 is 0 Å². The minimum absolute atomic E-state index is 0.126. The van der Waals surface area contributed by atoms with Gasteiger partial charge in [0.1, 0.15) is 0 Å². The number of carbonyl (C=O) groups excluding carboxylic acids is 1. The summed E-state index contributed by atoms with van der Waals surface area (Å²) in [5, 5.41) is 1.28. The molecule has 0 atom stereocenters. The number of ether oxygens (including phenoxy) is 3. The van der Waals surface area contributed by atoms with Crippen molar-refractivity contribution in [1.82, 2.24) is 9.88 Å². The van der Waals surface area contributed by atoms with Gasteiger partial charge >= 0.3 is 5.97 Å². The van der Waals surface area contributed by atoms with Crippen LogP contribution in [0.3, 0.4) is 0 Å². The lowest BCUT2D eigenvalue weighted by Gasteiger charge is -2.31. The molecule has 1 aliphatic rings. The molecule has 2 heterocycles.